The molecule has 1 heterocycles. The molecule has 6 rings (SSSR count). The molecule has 0 spiro atoms. The molecule has 1 amide bonds. The number of ketones is 1. The minimum atomic E-state index is -0.616. The molecule has 0 aromatic heterocycles. The number of para-hydroxylation sites is 3. The molecule has 0 fully saturated rings. The number of allylic oxidation sites excluding steroid dienone is 1. The van der Waals surface area contributed by atoms with Crippen LogP contribution in [0.2, 0.25) is 0 Å². The number of ether oxygens (including phenoxy) is 1. The highest BCUT2D eigenvalue weighted by Crippen LogP contribution is 2.49. The van der Waals surface area contributed by atoms with Gasteiger partial charge in [-0.3, -0.25) is 14.5 Å². The number of carbonyl (C=O) groups is 2. The lowest BCUT2D eigenvalue weighted by atomic mass is 9.78. The van der Waals surface area contributed by atoms with Crippen LogP contribution in [0.3, 0.4) is 0 Å². The van der Waals surface area contributed by atoms with E-state index in [4.69, 9.17) is 4.74 Å². The minimum absolute atomic E-state index is 0.0483. The minimum Gasteiger partial charge on any atom is -0.489 e. The summed E-state index contributed by atoms with van der Waals surface area (Å²) in [5.41, 5.74) is 6.09. The lowest BCUT2D eigenvalue weighted by molar-refractivity contribution is -0.119. The van der Waals surface area contributed by atoms with Gasteiger partial charge in [-0.05, 0) is 41.7 Å². The summed E-state index contributed by atoms with van der Waals surface area (Å²) in [7, 11) is 0. The first-order chi connectivity index (χ1) is 19.6. The largest absolute Gasteiger partial charge is 0.489 e. The third-order valence-electron chi connectivity index (χ3n) is 7.78. The molecule has 4 aromatic carbocycles. The Bertz CT molecular complexity index is 1560. The molecule has 5 nitrogen and oxygen atoms in total. The number of nitrogens with one attached hydrogen (secondary N) is 1. The summed E-state index contributed by atoms with van der Waals surface area (Å²) in [4.78, 5) is 29.7. The van der Waals surface area contributed by atoms with Crippen LogP contribution in [-0.2, 0) is 16.2 Å². The highest BCUT2D eigenvalue weighted by molar-refractivity contribution is 6.06. The first-order valence-corrected chi connectivity index (χ1v) is 13.9. The van der Waals surface area contributed by atoms with E-state index in [1.165, 1.54) is 0 Å². The Labute approximate surface area is 235 Å². The van der Waals surface area contributed by atoms with Crippen molar-refractivity contribution in [3.63, 3.8) is 0 Å². The Balaban J connectivity index is 1.51. The van der Waals surface area contributed by atoms with Gasteiger partial charge in [0.2, 0.25) is 5.91 Å². The lowest BCUT2D eigenvalue weighted by Gasteiger charge is -2.35. The van der Waals surface area contributed by atoms with Gasteiger partial charge in [0.15, 0.2) is 5.78 Å². The SMILES string of the molecule is CCC(=O)N1c2ccccc2NC2=C(C(=O)C[C@@H](c3ccccc3)C2)[C@H]1c1ccccc1OCc1ccccc1. The van der Waals surface area contributed by atoms with Gasteiger partial charge < -0.3 is 10.1 Å². The highest BCUT2D eigenvalue weighted by Gasteiger charge is 2.42. The summed E-state index contributed by atoms with van der Waals surface area (Å²) >= 11 is 0. The average molecular weight is 529 g/mol. The van der Waals surface area contributed by atoms with Crippen molar-refractivity contribution in [2.24, 2.45) is 0 Å². The van der Waals surface area contributed by atoms with Crippen molar-refractivity contribution in [1.29, 1.82) is 0 Å². The molecule has 0 saturated carbocycles. The fraction of sp³-hybridized carbons (Fsp3) is 0.200. The van der Waals surface area contributed by atoms with Crippen molar-refractivity contribution in [1.82, 2.24) is 0 Å². The Kier molecular flexibility index (Phi) is 7.19. The van der Waals surface area contributed by atoms with E-state index in [1.807, 2.05) is 104 Å². The first kappa shape index (κ1) is 25.6. The maximum atomic E-state index is 14.2. The van der Waals surface area contributed by atoms with Crippen molar-refractivity contribution in [3.8, 4) is 5.75 Å². The fourth-order valence-corrected chi connectivity index (χ4v) is 5.86. The number of fused-ring (bicyclic) bond motifs is 1. The molecular formula is C35H32N2O3. The van der Waals surface area contributed by atoms with E-state index < -0.39 is 6.04 Å². The van der Waals surface area contributed by atoms with Gasteiger partial charge in [-0.1, -0.05) is 97.9 Å². The molecule has 40 heavy (non-hydrogen) atoms. The molecule has 2 aliphatic rings. The number of nitrogens with zero attached hydrogens (tertiary/aromatic N) is 1. The number of carbonyl (C=O) groups excluding carboxylic acids is 2. The van der Waals surface area contributed by atoms with Crippen LogP contribution in [0.25, 0.3) is 0 Å². The molecule has 5 heteroatoms. The fourth-order valence-electron chi connectivity index (χ4n) is 5.86. The third-order valence-corrected chi connectivity index (χ3v) is 7.78. The molecule has 0 saturated heterocycles. The van der Waals surface area contributed by atoms with E-state index in [1.54, 1.807) is 4.90 Å². The van der Waals surface area contributed by atoms with Crippen molar-refractivity contribution < 1.29 is 14.3 Å². The average Bonchev–Trinajstić information content (AvgIpc) is 3.15. The van der Waals surface area contributed by atoms with Gasteiger partial charge in [0.25, 0.3) is 0 Å². The predicted octanol–water partition coefficient (Wildman–Crippen LogP) is 7.58. The zero-order valence-electron chi connectivity index (χ0n) is 22.5. The van der Waals surface area contributed by atoms with E-state index in [0.29, 0.717) is 37.2 Å². The highest BCUT2D eigenvalue weighted by atomic mass is 16.5. The number of anilines is 2. The van der Waals surface area contributed by atoms with E-state index in [0.717, 1.165) is 33.8 Å². The Morgan fingerprint density at radius 3 is 2.30 bits per heavy atom. The van der Waals surface area contributed by atoms with Crippen molar-refractivity contribution in [2.45, 2.75) is 44.8 Å². The number of Topliss-reactive ketones (excluding diaryl/α,β-unsaturated/α-hetero) is 1. The molecule has 0 unspecified atom stereocenters. The van der Waals surface area contributed by atoms with Gasteiger partial charge in [-0.25, -0.2) is 0 Å². The molecule has 0 bridgehead atoms. The summed E-state index contributed by atoms with van der Waals surface area (Å²) in [6.45, 7) is 2.25. The lowest BCUT2D eigenvalue weighted by Crippen LogP contribution is -2.38. The second-order valence-electron chi connectivity index (χ2n) is 10.3. The normalized spacial score (nSPS) is 18.3. The molecule has 200 valence electrons. The monoisotopic (exact) mass is 528 g/mol. The van der Waals surface area contributed by atoms with Crippen molar-refractivity contribution >= 4 is 23.1 Å². The zero-order valence-corrected chi connectivity index (χ0v) is 22.5. The van der Waals surface area contributed by atoms with Gasteiger partial charge in [0.1, 0.15) is 12.4 Å². The number of amides is 1. The maximum absolute atomic E-state index is 14.2. The summed E-state index contributed by atoms with van der Waals surface area (Å²) < 4.78 is 6.38. The molecule has 1 N–H and O–H groups in total. The molecule has 1 aliphatic heterocycles. The van der Waals surface area contributed by atoms with E-state index in [2.05, 4.69) is 17.4 Å². The number of hydrogen-bond acceptors (Lipinski definition) is 4. The molecule has 1 aliphatic carbocycles. The number of hydrogen-bond donors (Lipinski definition) is 1. The Morgan fingerprint density at radius 2 is 1.52 bits per heavy atom. The molecular weight excluding hydrogens is 496 g/mol. The van der Waals surface area contributed by atoms with Crippen LogP contribution in [0.15, 0.2) is 120 Å². The van der Waals surface area contributed by atoms with Crippen LogP contribution in [0.4, 0.5) is 11.4 Å². The molecule has 0 radical (unpaired) electrons. The van der Waals surface area contributed by atoms with Crippen LogP contribution >= 0.6 is 0 Å². The summed E-state index contributed by atoms with van der Waals surface area (Å²) in [5.74, 6) is 0.719. The third kappa shape index (κ3) is 4.91. The van der Waals surface area contributed by atoms with E-state index in [-0.39, 0.29) is 17.6 Å². The van der Waals surface area contributed by atoms with Crippen LogP contribution in [0.5, 0.6) is 5.75 Å². The van der Waals surface area contributed by atoms with Gasteiger partial charge in [0, 0.05) is 29.7 Å². The van der Waals surface area contributed by atoms with Crippen LogP contribution < -0.4 is 15.0 Å². The van der Waals surface area contributed by atoms with E-state index >= 15 is 0 Å². The summed E-state index contributed by atoms with van der Waals surface area (Å²) in [6.07, 6.45) is 1.37. The van der Waals surface area contributed by atoms with Crippen LogP contribution in [0.1, 0.15) is 54.8 Å². The topological polar surface area (TPSA) is 58.6 Å². The molecule has 2 atom stereocenters. The van der Waals surface area contributed by atoms with Gasteiger partial charge in [-0.15, -0.1) is 0 Å². The first-order valence-electron chi connectivity index (χ1n) is 13.9. The van der Waals surface area contributed by atoms with Crippen LogP contribution in [0, 0.1) is 0 Å². The summed E-state index contributed by atoms with van der Waals surface area (Å²) in [6, 6.07) is 35.2. The number of benzene rings is 4. The van der Waals surface area contributed by atoms with Crippen molar-refractivity contribution in [2.75, 3.05) is 10.2 Å². The second-order valence-corrected chi connectivity index (χ2v) is 10.3. The summed E-state index contributed by atoms with van der Waals surface area (Å²) in [5, 5.41) is 3.60. The van der Waals surface area contributed by atoms with Gasteiger partial charge in [-0.2, -0.15) is 0 Å². The second kappa shape index (κ2) is 11.2. The number of rotatable bonds is 6. The smallest absolute Gasteiger partial charge is 0.227 e. The molecule has 4 aromatic rings. The van der Waals surface area contributed by atoms with Crippen LogP contribution in [-0.4, -0.2) is 11.7 Å². The quantitative estimate of drug-likeness (QED) is 0.280. The standard InChI is InChI=1S/C35H32N2O3/c1-2-33(39)37-30-19-11-10-18-28(30)36-29-21-26(25-15-7-4-8-16-25)22-31(38)34(29)35(37)27-17-9-12-20-32(27)40-23-24-13-5-3-6-14-24/h3-20,26,35-36H,2,21-23H2,1H3/t26-,35+/m0/s1. The predicted molar refractivity (Wildman–Crippen MR) is 158 cm³/mol. The Morgan fingerprint density at radius 1 is 0.850 bits per heavy atom. The van der Waals surface area contributed by atoms with Crippen molar-refractivity contribution in [3.05, 3.63) is 137 Å². The van der Waals surface area contributed by atoms with Gasteiger partial charge >= 0.3 is 0 Å². The Hall–Kier alpha value is -4.64. The van der Waals surface area contributed by atoms with Gasteiger partial charge in [0.05, 0.1) is 17.4 Å². The zero-order chi connectivity index (χ0) is 27.5. The van der Waals surface area contributed by atoms with E-state index in [9.17, 15) is 9.59 Å². The maximum Gasteiger partial charge on any atom is 0.227 e.